The molecule has 5 rings (SSSR count). The molecule has 2 aliphatic heterocycles. The molecule has 2 aliphatic rings. The highest BCUT2D eigenvalue weighted by molar-refractivity contribution is 9.10. The first kappa shape index (κ1) is 27.2. The summed E-state index contributed by atoms with van der Waals surface area (Å²) in [7, 11) is -0.00924. The van der Waals surface area contributed by atoms with Gasteiger partial charge in [-0.25, -0.2) is 9.20 Å². The second-order valence-electron chi connectivity index (χ2n) is 9.24. The van der Waals surface area contributed by atoms with Crippen LogP contribution in [-0.4, -0.2) is 54.8 Å². The number of Topliss-reactive ketones (excluding diaryl/α,β-unsaturated/α-hetero) is 1. The van der Waals surface area contributed by atoms with Gasteiger partial charge in [-0.2, -0.15) is 4.36 Å². The van der Waals surface area contributed by atoms with Crippen LogP contribution in [0, 0.1) is 5.92 Å². The van der Waals surface area contributed by atoms with Crippen LogP contribution in [0.5, 0.6) is 17.2 Å². The monoisotopic (exact) mass is 611 g/mol. The summed E-state index contributed by atoms with van der Waals surface area (Å²) >= 11 is 3.42. The molecule has 3 aromatic rings. The zero-order chi connectivity index (χ0) is 27.6. The molecule has 0 aromatic heterocycles. The maximum atomic E-state index is 14.7. The van der Waals surface area contributed by atoms with E-state index in [1.807, 2.05) is 36.1 Å². The molecule has 0 spiro atoms. The summed E-state index contributed by atoms with van der Waals surface area (Å²) < 4.78 is 37.0. The van der Waals surface area contributed by atoms with Crippen molar-refractivity contribution in [1.29, 1.82) is 0 Å². The lowest BCUT2D eigenvalue weighted by atomic mass is 9.89. The van der Waals surface area contributed by atoms with E-state index in [0.29, 0.717) is 76.8 Å². The molecule has 0 N–H and O–H groups in total. The molecule has 10 heteroatoms. The number of ketones is 1. The van der Waals surface area contributed by atoms with Gasteiger partial charge in [-0.1, -0.05) is 28.1 Å². The van der Waals surface area contributed by atoms with Crippen LogP contribution in [0.1, 0.15) is 30.1 Å². The van der Waals surface area contributed by atoms with E-state index in [1.165, 1.54) is 7.11 Å². The lowest BCUT2D eigenvalue weighted by Gasteiger charge is -2.33. The molecule has 0 aliphatic carbocycles. The molecular weight excluding hydrogens is 582 g/mol. The summed E-state index contributed by atoms with van der Waals surface area (Å²) in [6.07, 6.45) is 1.32. The average molecular weight is 613 g/mol. The zero-order valence-electron chi connectivity index (χ0n) is 22.1. The maximum absolute atomic E-state index is 14.7. The van der Waals surface area contributed by atoms with Crippen molar-refractivity contribution in [3.63, 3.8) is 0 Å². The topological polar surface area (TPSA) is 89.8 Å². The molecule has 8 nitrogen and oxygen atoms in total. The number of nitrogens with zero attached hydrogens (tertiary/aromatic N) is 3. The van der Waals surface area contributed by atoms with Gasteiger partial charge in [0.2, 0.25) is 5.96 Å². The highest BCUT2D eigenvalue weighted by Gasteiger charge is 2.32. The minimum absolute atomic E-state index is 0.0845. The number of piperidine rings is 1. The Labute approximate surface area is 237 Å². The Morgan fingerprint density at radius 3 is 2.26 bits per heavy atom. The van der Waals surface area contributed by atoms with Crippen molar-refractivity contribution in [2.45, 2.75) is 29.6 Å². The normalized spacial score (nSPS) is 19.0. The van der Waals surface area contributed by atoms with Gasteiger partial charge in [-0.05, 0) is 56.2 Å². The second-order valence-corrected chi connectivity index (χ2v) is 12.3. The van der Waals surface area contributed by atoms with E-state index in [2.05, 4.69) is 15.9 Å². The van der Waals surface area contributed by atoms with Gasteiger partial charge in [-0.15, -0.1) is 0 Å². The predicted molar refractivity (Wildman–Crippen MR) is 154 cm³/mol. The number of methoxy groups -OCH3 is 2. The van der Waals surface area contributed by atoms with Gasteiger partial charge in [0.25, 0.3) is 0 Å². The molecule has 2 heterocycles. The van der Waals surface area contributed by atoms with E-state index in [1.54, 1.807) is 43.5 Å². The Morgan fingerprint density at radius 1 is 1.00 bits per heavy atom. The van der Waals surface area contributed by atoms with Gasteiger partial charge < -0.3 is 19.1 Å². The van der Waals surface area contributed by atoms with Crippen molar-refractivity contribution in [2.75, 3.05) is 33.9 Å². The number of halogens is 1. The third-order valence-electron chi connectivity index (χ3n) is 6.93. The summed E-state index contributed by atoms with van der Waals surface area (Å²) in [5.74, 6) is 2.09. The highest BCUT2D eigenvalue weighted by Crippen LogP contribution is 2.43. The number of benzene rings is 3. The molecule has 3 aromatic carbocycles. The van der Waals surface area contributed by atoms with Crippen LogP contribution in [0.15, 0.2) is 84.3 Å². The minimum atomic E-state index is -3.10. The van der Waals surface area contributed by atoms with Gasteiger partial charge in [0, 0.05) is 41.2 Å². The van der Waals surface area contributed by atoms with E-state index in [9.17, 15) is 9.00 Å². The Morgan fingerprint density at radius 2 is 1.64 bits per heavy atom. The standard InChI is InChI=1S/C29H30BrN3O5S/c1-4-38-22-9-11-23(12-10-22)39(35)27-18-26(37-3)25(36-2)17-24(27)31-29(32-39)33-15-13-20(14-16-33)28(34)19-5-7-21(30)8-6-19/h5-12,17-18,20H,4,13-16H2,1-3H3. The van der Waals surface area contributed by atoms with Crippen molar-refractivity contribution >= 4 is 43.1 Å². The lowest BCUT2D eigenvalue weighted by molar-refractivity contribution is 0.0872. The van der Waals surface area contributed by atoms with E-state index in [4.69, 9.17) is 23.6 Å². The van der Waals surface area contributed by atoms with Gasteiger partial charge in [0.05, 0.1) is 36.3 Å². The lowest BCUT2D eigenvalue weighted by Crippen LogP contribution is -2.40. The molecule has 1 atom stereocenters. The third kappa shape index (κ3) is 5.40. The van der Waals surface area contributed by atoms with Crippen LogP contribution >= 0.6 is 15.9 Å². The maximum Gasteiger partial charge on any atom is 0.234 e. The molecular formula is C29H30BrN3O5S. The fraction of sp³-hybridized carbons (Fsp3) is 0.310. The fourth-order valence-corrected chi connectivity index (χ4v) is 7.11. The number of guanidine groups is 1. The smallest absolute Gasteiger partial charge is 0.234 e. The Kier molecular flexibility index (Phi) is 7.95. The van der Waals surface area contributed by atoms with Gasteiger partial charge in [0.15, 0.2) is 17.3 Å². The number of ether oxygens (including phenoxy) is 3. The number of hydrogen-bond donors (Lipinski definition) is 0. The quantitative estimate of drug-likeness (QED) is 0.289. The van der Waals surface area contributed by atoms with Gasteiger partial charge in [0.1, 0.15) is 15.5 Å². The molecule has 1 unspecified atom stereocenters. The van der Waals surface area contributed by atoms with Crippen LogP contribution < -0.4 is 14.2 Å². The van der Waals surface area contributed by atoms with E-state index in [-0.39, 0.29) is 11.7 Å². The average Bonchev–Trinajstić information content (AvgIpc) is 2.97. The molecule has 0 saturated carbocycles. The molecule has 39 heavy (non-hydrogen) atoms. The van der Waals surface area contributed by atoms with Gasteiger partial charge in [-0.3, -0.25) is 4.79 Å². The summed E-state index contributed by atoms with van der Waals surface area (Å²) in [4.78, 5) is 20.9. The number of aliphatic imine (C=N–C) groups is 1. The zero-order valence-corrected chi connectivity index (χ0v) is 24.5. The Hall–Kier alpha value is -3.37. The number of fused-ring (bicyclic) bond motifs is 1. The molecule has 0 radical (unpaired) electrons. The van der Waals surface area contributed by atoms with Crippen molar-refractivity contribution in [1.82, 2.24) is 4.90 Å². The minimum Gasteiger partial charge on any atom is -0.494 e. The first-order valence-electron chi connectivity index (χ1n) is 12.8. The number of hydrogen-bond acceptors (Lipinski definition) is 8. The Balaban J connectivity index is 1.48. The van der Waals surface area contributed by atoms with E-state index < -0.39 is 9.73 Å². The van der Waals surface area contributed by atoms with E-state index in [0.717, 1.165) is 4.47 Å². The van der Waals surface area contributed by atoms with Crippen LogP contribution in [0.2, 0.25) is 0 Å². The van der Waals surface area contributed by atoms with E-state index >= 15 is 0 Å². The largest absolute Gasteiger partial charge is 0.494 e. The number of carbonyl (C=O) groups is 1. The first-order valence-corrected chi connectivity index (χ1v) is 15.1. The molecule has 0 bridgehead atoms. The fourth-order valence-electron chi connectivity index (χ4n) is 4.84. The molecule has 1 fully saturated rings. The third-order valence-corrected chi connectivity index (χ3v) is 9.71. The van der Waals surface area contributed by atoms with Crippen molar-refractivity contribution in [2.24, 2.45) is 15.3 Å². The Bertz CT molecular complexity index is 1520. The van der Waals surface area contributed by atoms with Crippen LogP contribution in [0.4, 0.5) is 5.69 Å². The summed E-state index contributed by atoms with van der Waals surface area (Å²) in [6, 6.07) is 18.1. The molecule has 204 valence electrons. The predicted octanol–water partition coefficient (Wildman–Crippen LogP) is 6.35. The van der Waals surface area contributed by atoms with Crippen LogP contribution in [0.25, 0.3) is 0 Å². The van der Waals surface area contributed by atoms with Gasteiger partial charge >= 0.3 is 0 Å². The van der Waals surface area contributed by atoms with Crippen LogP contribution in [-0.2, 0) is 9.73 Å². The highest BCUT2D eigenvalue weighted by atomic mass is 79.9. The number of carbonyl (C=O) groups excluding carboxylic acids is 1. The van der Waals surface area contributed by atoms with Crippen molar-refractivity contribution in [3.05, 3.63) is 70.7 Å². The summed E-state index contributed by atoms with van der Waals surface area (Å²) in [5.41, 5.74) is 1.23. The molecule has 0 amide bonds. The number of likely N-dealkylation sites (tertiary alicyclic amines) is 1. The molecule has 1 saturated heterocycles. The number of rotatable bonds is 7. The summed E-state index contributed by atoms with van der Waals surface area (Å²) in [5, 5.41) is 0. The van der Waals surface area contributed by atoms with Crippen molar-refractivity contribution in [3.8, 4) is 17.2 Å². The second kappa shape index (κ2) is 11.4. The summed E-state index contributed by atoms with van der Waals surface area (Å²) in [6.45, 7) is 3.61. The first-order chi connectivity index (χ1) is 18.9. The van der Waals surface area contributed by atoms with Crippen molar-refractivity contribution < 1.29 is 23.2 Å². The van der Waals surface area contributed by atoms with Crippen LogP contribution in [0.3, 0.4) is 0 Å². The SMILES string of the molecule is CCOc1ccc(S2(=O)=NC(N3CCC(C(=O)c4ccc(Br)cc4)CC3)=Nc3cc(OC)c(OC)cc32)cc1.